The molecule has 0 radical (unpaired) electrons. The van der Waals surface area contributed by atoms with Crippen LogP contribution in [0.3, 0.4) is 0 Å². The van der Waals surface area contributed by atoms with E-state index in [0.29, 0.717) is 3.70 Å². The van der Waals surface area contributed by atoms with Crippen molar-refractivity contribution in [3.63, 3.8) is 0 Å². The average molecular weight is 1040 g/mol. The van der Waals surface area contributed by atoms with Crippen molar-refractivity contribution in [3.8, 4) is 23.0 Å². The minimum absolute atomic E-state index is 0.0503. The number of aromatic nitrogens is 4. The van der Waals surface area contributed by atoms with Crippen molar-refractivity contribution < 1.29 is 72.4 Å². The summed E-state index contributed by atoms with van der Waals surface area (Å²) in [6.45, 7) is 7.94. The Hall–Kier alpha value is -6.01. The lowest BCUT2D eigenvalue weighted by Gasteiger charge is -2.28. The number of anilines is 2. The first-order valence-corrected chi connectivity index (χ1v) is 20.2. The topological polar surface area (TPSA) is 112 Å². The number of nitrogens with zero attached hydrogens (tertiary/aromatic N) is 6. The molecule has 23 heteroatoms. The summed E-state index contributed by atoms with van der Waals surface area (Å²) in [6, 6.07) is 9.12. The zero-order chi connectivity index (χ0) is 48.2. The summed E-state index contributed by atoms with van der Waals surface area (Å²) in [4.78, 5) is 35.4. The van der Waals surface area contributed by atoms with Crippen molar-refractivity contribution in [2.24, 2.45) is 0 Å². The highest BCUT2D eigenvalue weighted by Gasteiger charge is 2.34. The van der Waals surface area contributed by atoms with Crippen LogP contribution >= 0.6 is 22.6 Å². The van der Waals surface area contributed by atoms with E-state index in [1.54, 1.807) is 41.5 Å². The second-order valence-electron chi connectivity index (χ2n) is 15.9. The van der Waals surface area contributed by atoms with Crippen molar-refractivity contribution in [3.05, 3.63) is 106 Å². The molecule has 0 aliphatic rings. The molecule has 0 aliphatic heterocycles. The summed E-state index contributed by atoms with van der Waals surface area (Å²) in [7, 11) is 0. The van der Waals surface area contributed by atoms with Crippen LogP contribution in [-0.2, 0) is 9.47 Å². The molecule has 4 aromatic heterocycles. The third kappa shape index (κ3) is 13.7. The highest BCUT2D eigenvalue weighted by atomic mass is 127. The molecule has 6 rings (SSSR count). The van der Waals surface area contributed by atoms with Gasteiger partial charge in [-0.1, -0.05) is 12.1 Å². The molecule has 0 aliphatic carbocycles. The third-order valence-corrected chi connectivity index (χ3v) is 9.09. The van der Waals surface area contributed by atoms with Crippen LogP contribution in [0.1, 0.15) is 54.4 Å². The zero-order valence-corrected chi connectivity index (χ0v) is 37.3. The van der Waals surface area contributed by atoms with Gasteiger partial charge in [-0.2, -0.15) is 35.1 Å². The van der Waals surface area contributed by atoms with E-state index in [4.69, 9.17) is 18.9 Å². The smallest absolute Gasteiger partial charge is 0.414 e. The molecule has 0 saturated carbocycles. The van der Waals surface area contributed by atoms with Gasteiger partial charge in [0.1, 0.15) is 26.4 Å². The first-order valence-electron chi connectivity index (χ1n) is 19.1. The summed E-state index contributed by atoms with van der Waals surface area (Å²) in [5.74, 6) is -5.72. The maximum atomic E-state index is 14.1. The Morgan fingerprint density at radius 3 is 1.55 bits per heavy atom. The number of amides is 2. The molecule has 0 bridgehead atoms. The van der Waals surface area contributed by atoms with E-state index < -0.39 is 96.4 Å². The third-order valence-electron chi connectivity index (χ3n) is 8.29. The second-order valence-corrected chi connectivity index (χ2v) is 17.0. The molecule has 0 N–H and O–H groups in total. The van der Waals surface area contributed by atoms with Gasteiger partial charge in [0.25, 0.3) is 0 Å². The van der Waals surface area contributed by atoms with Crippen molar-refractivity contribution in [2.45, 2.75) is 77.9 Å². The fourth-order valence-electron chi connectivity index (χ4n) is 5.63. The molecule has 0 unspecified atom stereocenters. The van der Waals surface area contributed by atoms with Crippen LogP contribution in [0.4, 0.5) is 64.9 Å². The van der Waals surface area contributed by atoms with E-state index in [2.05, 4.69) is 9.97 Å². The van der Waals surface area contributed by atoms with E-state index in [9.17, 15) is 53.5 Å². The summed E-state index contributed by atoms with van der Waals surface area (Å²) in [6.07, 6.45) is -6.72. The van der Waals surface area contributed by atoms with Crippen molar-refractivity contribution in [1.82, 2.24) is 18.8 Å². The number of fused-ring (bicyclic) bond motifs is 2. The molecule has 2 amide bonds. The van der Waals surface area contributed by atoms with Gasteiger partial charge >= 0.3 is 24.5 Å². The van der Waals surface area contributed by atoms with Gasteiger partial charge in [0, 0.05) is 37.6 Å². The number of imidazole rings is 2. The van der Waals surface area contributed by atoms with Crippen LogP contribution in [0.25, 0.3) is 11.3 Å². The maximum Gasteiger partial charge on any atom is 0.414 e. The van der Waals surface area contributed by atoms with E-state index in [1.807, 2.05) is 22.6 Å². The van der Waals surface area contributed by atoms with Gasteiger partial charge in [-0.3, -0.25) is 14.2 Å². The zero-order valence-electron chi connectivity index (χ0n) is 35.1. The normalized spacial score (nSPS) is 12.1. The number of hydrogen-bond donors (Lipinski definition) is 0. The van der Waals surface area contributed by atoms with E-state index in [-0.39, 0.29) is 34.2 Å². The van der Waals surface area contributed by atoms with E-state index in [0.717, 1.165) is 21.9 Å². The number of carbonyl (C=O) groups is 2. The first kappa shape index (κ1) is 50.0. The Morgan fingerprint density at radius 1 is 0.662 bits per heavy atom. The number of halogens is 11. The Kier molecular flexibility index (Phi) is 15.1. The van der Waals surface area contributed by atoms with Gasteiger partial charge in [0.2, 0.25) is 11.6 Å². The first-order chi connectivity index (χ1) is 30.1. The Labute approximate surface area is 377 Å². The molecule has 2 aromatic carbocycles. The van der Waals surface area contributed by atoms with Gasteiger partial charge in [0.05, 0.1) is 42.8 Å². The number of carbonyl (C=O) groups excluding carboxylic acids is 2. The monoisotopic (exact) mass is 1040 g/mol. The fourth-order valence-corrected chi connectivity index (χ4v) is 6.13. The van der Waals surface area contributed by atoms with Crippen molar-refractivity contribution >= 4 is 57.4 Å². The molecule has 12 nitrogen and oxygen atoms in total. The Morgan fingerprint density at radius 2 is 1.11 bits per heavy atom. The number of pyridine rings is 2. The minimum Gasteiger partial charge on any atom is -0.453 e. The Balaban J connectivity index is 0.000000244. The van der Waals surface area contributed by atoms with E-state index in [1.165, 1.54) is 76.2 Å². The molecule has 350 valence electrons. The van der Waals surface area contributed by atoms with Crippen LogP contribution in [0, 0.1) is 27.0 Å². The number of hydrogen-bond acceptors (Lipinski definition) is 8. The Bertz CT molecular complexity index is 2660. The van der Waals surface area contributed by atoms with Gasteiger partial charge in [-0.15, -0.1) is 0 Å². The van der Waals surface area contributed by atoms with Gasteiger partial charge in [0.15, 0.2) is 34.4 Å². The lowest BCUT2D eigenvalue weighted by atomic mass is 10.2. The number of benzene rings is 2. The molecule has 0 fully saturated rings. The average Bonchev–Trinajstić information content (AvgIpc) is 3.80. The predicted octanol–water partition coefficient (Wildman–Crippen LogP) is 12.8. The van der Waals surface area contributed by atoms with Gasteiger partial charge in [-0.05, 0) is 88.4 Å². The largest absolute Gasteiger partial charge is 0.453 e. The summed E-state index contributed by atoms with van der Waals surface area (Å²) in [5, 5.41) is 0. The molecule has 0 atom stereocenters. The molecule has 65 heavy (non-hydrogen) atoms. The van der Waals surface area contributed by atoms with Crippen molar-refractivity contribution in [2.75, 3.05) is 22.9 Å². The van der Waals surface area contributed by atoms with Crippen molar-refractivity contribution in [1.29, 1.82) is 0 Å². The van der Waals surface area contributed by atoms with Gasteiger partial charge < -0.3 is 23.3 Å². The summed E-state index contributed by atoms with van der Waals surface area (Å²) >= 11 is 1.92. The lowest BCUT2D eigenvalue weighted by Crippen LogP contribution is -2.39. The number of alkyl halides is 6. The molecular formula is C42H39F10IN6O6. The molecular weight excluding hydrogens is 1000 g/mol. The van der Waals surface area contributed by atoms with Crippen LogP contribution in [0.15, 0.2) is 79.5 Å². The van der Waals surface area contributed by atoms with Crippen LogP contribution in [0.2, 0.25) is 0 Å². The molecule has 0 saturated heterocycles. The SMILES string of the molecule is CC(C)(C)OC(=O)N(CCC(F)(F)F)c1cc(Oc2cccc(F)c2F)cn2c(I)cnc12.CC(C)(C)OC(=O)N(CCC(F)(F)F)c1cc(Oc2cccc(F)c2F)cn2ccnc12. The van der Waals surface area contributed by atoms with Gasteiger partial charge in [-0.25, -0.2) is 28.3 Å². The van der Waals surface area contributed by atoms with E-state index >= 15 is 0 Å². The highest BCUT2D eigenvalue weighted by Crippen LogP contribution is 2.36. The summed E-state index contributed by atoms with van der Waals surface area (Å²) in [5.41, 5.74) is -1.76. The quantitative estimate of drug-likeness (QED) is 0.0985. The number of ether oxygens (including phenoxy) is 4. The molecule has 4 heterocycles. The molecule has 6 aromatic rings. The number of rotatable bonds is 10. The minimum atomic E-state index is -4.54. The summed E-state index contributed by atoms with van der Waals surface area (Å²) < 4.78 is 158. The lowest BCUT2D eigenvalue weighted by molar-refractivity contribution is -0.133. The highest BCUT2D eigenvalue weighted by molar-refractivity contribution is 14.1. The second kappa shape index (κ2) is 19.6. The fraction of sp³-hybridized carbons (Fsp3) is 0.333. The molecule has 0 spiro atoms. The van der Waals surface area contributed by atoms with Crippen LogP contribution < -0.4 is 19.3 Å². The van der Waals surface area contributed by atoms with Crippen LogP contribution in [-0.4, -0.2) is 67.6 Å². The maximum absolute atomic E-state index is 14.1. The standard InChI is InChI=1S/C21H19F5IN3O3.C21H20F5N3O3/c1-20(2,3)33-19(31)29(8-7-21(24,25)26)14-9-12(11-30-16(27)10-28-18(14)30)32-15-6-4-5-13(22)17(15)23;1-20(2,3)32-19(30)29(9-7-21(24,25)26)15-11-13(12-28-10-8-27-18(15)28)31-16-6-4-5-14(22)17(16)23/h4-6,9-11H,7-8H2,1-3H3;4-6,8,10-12H,7,9H2,1-3H3. The van der Waals surface area contributed by atoms with Crippen LogP contribution in [0.5, 0.6) is 23.0 Å². The predicted molar refractivity (Wildman–Crippen MR) is 224 cm³/mol.